The number of benzene rings is 1. The van der Waals surface area contributed by atoms with Gasteiger partial charge in [0.15, 0.2) is 0 Å². The Kier molecular flexibility index (Phi) is 3.14. The molecule has 1 N–H and O–H groups in total. The molecule has 1 fully saturated rings. The Labute approximate surface area is 97.0 Å². The Hall–Kier alpha value is -1.07. The maximum absolute atomic E-state index is 12.4. The zero-order valence-electron chi connectivity index (χ0n) is 9.13. The molecule has 2 rings (SSSR count). The molecule has 2 nitrogen and oxygen atoms in total. The van der Waals surface area contributed by atoms with Gasteiger partial charge in [-0.25, -0.2) is 0 Å². The van der Waals surface area contributed by atoms with E-state index in [1.54, 1.807) is 0 Å². The highest BCUT2D eigenvalue weighted by Crippen LogP contribution is 2.37. The molecule has 1 aliphatic heterocycles. The molecule has 1 aromatic rings. The summed E-state index contributed by atoms with van der Waals surface area (Å²) in [6, 6.07) is 4.80. The van der Waals surface area contributed by atoms with Crippen molar-refractivity contribution in [1.82, 2.24) is 0 Å². The zero-order chi connectivity index (χ0) is 12.5. The van der Waals surface area contributed by atoms with E-state index in [4.69, 9.17) is 4.74 Å². The third kappa shape index (κ3) is 2.30. The summed E-state index contributed by atoms with van der Waals surface area (Å²) in [6.07, 6.45) is -2.89. The number of hydrogen-bond acceptors (Lipinski definition) is 2. The standard InChI is InChI=1S/C12H13F3O2/c13-12(14,15)10-4-2-9(3-5-10)11(8-16)6-1-7-17-11/h2-5,16H,1,6-8H2. The van der Waals surface area contributed by atoms with Crippen LogP contribution in [-0.2, 0) is 16.5 Å². The highest BCUT2D eigenvalue weighted by Gasteiger charge is 2.37. The molecular formula is C12H13F3O2. The van der Waals surface area contributed by atoms with E-state index in [1.807, 2.05) is 0 Å². The highest BCUT2D eigenvalue weighted by atomic mass is 19.4. The molecule has 1 unspecified atom stereocenters. The van der Waals surface area contributed by atoms with Gasteiger partial charge in [-0.15, -0.1) is 0 Å². The molecule has 0 spiro atoms. The minimum atomic E-state index is -4.33. The Morgan fingerprint density at radius 2 is 1.88 bits per heavy atom. The van der Waals surface area contributed by atoms with E-state index in [2.05, 4.69) is 0 Å². The van der Waals surface area contributed by atoms with Crippen LogP contribution in [0.3, 0.4) is 0 Å². The fraction of sp³-hybridized carbons (Fsp3) is 0.500. The molecule has 1 atom stereocenters. The SMILES string of the molecule is OCC1(c2ccc(C(F)(F)F)cc2)CCCO1. The van der Waals surface area contributed by atoms with Crippen molar-refractivity contribution < 1.29 is 23.0 Å². The van der Waals surface area contributed by atoms with Gasteiger partial charge in [-0.2, -0.15) is 13.2 Å². The first-order valence-corrected chi connectivity index (χ1v) is 5.40. The van der Waals surface area contributed by atoms with Crippen LogP contribution in [0.5, 0.6) is 0 Å². The predicted molar refractivity (Wildman–Crippen MR) is 55.4 cm³/mol. The van der Waals surface area contributed by atoms with E-state index in [0.717, 1.165) is 18.6 Å². The van der Waals surface area contributed by atoms with E-state index >= 15 is 0 Å². The minimum absolute atomic E-state index is 0.210. The summed E-state index contributed by atoms with van der Waals surface area (Å²) >= 11 is 0. The van der Waals surface area contributed by atoms with E-state index < -0.39 is 17.3 Å². The molecule has 0 aromatic heterocycles. The topological polar surface area (TPSA) is 29.5 Å². The van der Waals surface area contributed by atoms with Gasteiger partial charge in [0.05, 0.1) is 12.2 Å². The summed E-state index contributed by atoms with van der Waals surface area (Å²) in [7, 11) is 0. The average Bonchev–Trinajstić information content (AvgIpc) is 2.78. The van der Waals surface area contributed by atoms with Crippen LogP contribution in [-0.4, -0.2) is 18.3 Å². The molecule has 0 aliphatic carbocycles. The van der Waals surface area contributed by atoms with Crippen molar-refractivity contribution in [2.75, 3.05) is 13.2 Å². The molecule has 0 saturated carbocycles. The molecule has 0 amide bonds. The molecule has 0 radical (unpaired) electrons. The largest absolute Gasteiger partial charge is 0.416 e. The summed E-state index contributed by atoms with van der Waals surface area (Å²) in [5.74, 6) is 0. The van der Waals surface area contributed by atoms with Gasteiger partial charge in [-0.1, -0.05) is 12.1 Å². The van der Waals surface area contributed by atoms with Gasteiger partial charge in [0, 0.05) is 6.61 Å². The Bertz CT molecular complexity index is 378. The summed E-state index contributed by atoms with van der Waals surface area (Å²) in [4.78, 5) is 0. The maximum Gasteiger partial charge on any atom is 0.416 e. The van der Waals surface area contributed by atoms with Crippen molar-refractivity contribution >= 4 is 0 Å². The van der Waals surface area contributed by atoms with Gasteiger partial charge in [0.1, 0.15) is 5.60 Å². The normalized spacial score (nSPS) is 25.2. The molecule has 0 bridgehead atoms. The van der Waals surface area contributed by atoms with E-state index in [9.17, 15) is 18.3 Å². The summed E-state index contributed by atoms with van der Waals surface area (Å²) in [6.45, 7) is 0.319. The van der Waals surface area contributed by atoms with Crippen LogP contribution in [0.25, 0.3) is 0 Å². The Balaban J connectivity index is 2.28. The first-order valence-electron chi connectivity index (χ1n) is 5.40. The van der Waals surface area contributed by atoms with Crippen molar-refractivity contribution in [3.05, 3.63) is 35.4 Å². The van der Waals surface area contributed by atoms with E-state index in [1.165, 1.54) is 12.1 Å². The zero-order valence-corrected chi connectivity index (χ0v) is 9.13. The fourth-order valence-electron chi connectivity index (χ4n) is 2.10. The second-order valence-electron chi connectivity index (χ2n) is 4.18. The first kappa shape index (κ1) is 12.4. The lowest BCUT2D eigenvalue weighted by Gasteiger charge is -2.26. The van der Waals surface area contributed by atoms with Crippen LogP contribution in [0, 0.1) is 0 Å². The first-order chi connectivity index (χ1) is 7.98. The third-order valence-corrected chi connectivity index (χ3v) is 3.10. The van der Waals surface area contributed by atoms with Crippen LogP contribution in [0.2, 0.25) is 0 Å². The molecule has 1 saturated heterocycles. The minimum Gasteiger partial charge on any atom is -0.393 e. The molecule has 1 aliphatic rings. The van der Waals surface area contributed by atoms with Crippen molar-refractivity contribution in [1.29, 1.82) is 0 Å². The lowest BCUT2D eigenvalue weighted by molar-refractivity contribution is -0.137. The highest BCUT2D eigenvalue weighted by molar-refractivity contribution is 5.29. The van der Waals surface area contributed by atoms with Gasteiger partial charge in [0.2, 0.25) is 0 Å². The molecule has 1 heterocycles. The number of aliphatic hydroxyl groups excluding tert-OH is 1. The van der Waals surface area contributed by atoms with Gasteiger partial charge >= 0.3 is 6.18 Å². The summed E-state index contributed by atoms with van der Waals surface area (Å²) in [5, 5.41) is 9.35. The molecule has 1 aromatic carbocycles. The van der Waals surface area contributed by atoms with Gasteiger partial charge in [-0.05, 0) is 30.5 Å². The molecule has 5 heteroatoms. The Morgan fingerprint density at radius 1 is 1.24 bits per heavy atom. The average molecular weight is 246 g/mol. The lowest BCUT2D eigenvalue weighted by Crippen LogP contribution is -2.29. The second kappa shape index (κ2) is 4.31. The van der Waals surface area contributed by atoms with Gasteiger partial charge in [-0.3, -0.25) is 0 Å². The number of halogens is 3. The van der Waals surface area contributed by atoms with Crippen LogP contribution >= 0.6 is 0 Å². The van der Waals surface area contributed by atoms with Crippen molar-refractivity contribution in [3.8, 4) is 0 Å². The number of alkyl halides is 3. The summed E-state index contributed by atoms with van der Waals surface area (Å²) in [5.41, 5.74) is -0.901. The van der Waals surface area contributed by atoms with E-state index in [-0.39, 0.29) is 6.61 Å². The maximum atomic E-state index is 12.4. The predicted octanol–water partition coefficient (Wildman–Crippen LogP) is 2.70. The number of hydrogen-bond donors (Lipinski definition) is 1. The second-order valence-corrected chi connectivity index (χ2v) is 4.18. The number of ether oxygens (including phenoxy) is 1. The number of rotatable bonds is 2. The third-order valence-electron chi connectivity index (χ3n) is 3.10. The van der Waals surface area contributed by atoms with Crippen LogP contribution < -0.4 is 0 Å². The monoisotopic (exact) mass is 246 g/mol. The fourth-order valence-corrected chi connectivity index (χ4v) is 2.10. The quantitative estimate of drug-likeness (QED) is 0.869. The molecular weight excluding hydrogens is 233 g/mol. The van der Waals surface area contributed by atoms with Gasteiger partial charge in [0.25, 0.3) is 0 Å². The van der Waals surface area contributed by atoms with Crippen molar-refractivity contribution in [2.45, 2.75) is 24.6 Å². The lowest BCUT2D eigenvalue weighted by atomic mass is 9.91. The summed E-state index contributed by atoms with van der Waals surface area (Å²) < 4.78 is 42.7. The Morgan fingerprint density at radius 3 is 2.29 bits per heavy atom. The molecule has 94 valence electrons. The van der Waals surface area contributed by atoms with Crippen molar-refractivity contribution in [2.24, 2.45) is 0 Å². The van der Waals surface area contributed by atoms with Crippen LogP contribution in [0.15, 0.2) is 24.3 Å². The van der Waals surface area contributed by atoms with Crippen LogP contribution in [0.1, 0.15) is 24.0 Å². The van der Waals surface area contributed by atoms with Crippen LogP contribution in [0.4, 0.5) is 13.2 Å². The van der Waals surface area contributed by atoms with Gasteiger partial charge < -0.3 is 9.84 Å². The van der Waals surface area contributed by atoms with E-state index in [0.29, 0.717) is 18.6 Å². The van der Waals surface area contributed by atoms with Crippen molar-refractivity contribution in [3.63, 3.8) is 0 Å². The number of aliphatic hydroxyl groups is 1. The molecule has 17 heavy (non-hydrogen) atoms. The smallest absolute Gasteiger partial charge is 0.393 e.